The zero-order valence-electron chi connectivity index (χ0n) is 16.5. The standard InChI is InChI=1S/C23H25FN2O3/c1-16-14-26(15-17-9-11-18(24)12-10-17)22(21(16)20-8-5-13-28-20)29-23(27)25-19-6-3-2-4-7-19/h5,8-14,19H,2-4,6-7,15H2,1H3,(H,25,27). The molecule has 4 rings (SSSR count). The third-order valence-corrected chi connectivity index (χ3v) is 5.37. The first kappa shape index (κ1) is 19.3. The highest BCUT2D eigenvalue weighted by Gasteiger charge is 2.23. The number of aromatic nitrogens is 1. The fraction of sp³-hybridized carbons (Fsp3) is 0.348. The van der Waals surface area contributed by atoms with Crippen LogP contribution >= 0.6 is 0 Å². The van der Waals surface area contributed by atoms with E-state index in [9.17, 15) is 9.18 Å². The first-order valence-electron chi connectivity index (χ1n) is 10.1. The summed E-state index contributed by atoms with van der Waals surface area (Å²) in [5, 5.41) is 2.99. The van der Waals surface area contributed by atoms with Crippen molar-refractivity contribution in [1.29, 1.82) is 0 Å². The second-order valence-electron chi connectivity index (χ2n) is 7.59. The molecule has 0 aliphatic heterocycles. The predicted molar refractivity (Wildman–Crippen MR) is 108 cm³/mol. The Morgan fingerprint density at radius 1 is 1.21 bits per heavy atom. The molecule has 1 aliphatic rings. The molecule has 2 aromatic heterocycles. The molecule has 2 heterocycles. The van der Waals surface area contributed by atoms with Gasteiger partial charge in [0.25, 0.3) is 0 Å². The number of hydrogen-bond donors (Lipinski definition) is 1. The Morgan fingerprint density at radius 3 is 2.66 bits per heavy atom. The number of ether oxygens (including phenoxy) is 1. The molecule has 29 heavy (non-hydrogen) atoms. The van der Waals surface area contributed by atoms with E-state index in [1.54, 1.807) is 24.5 Å². The van der Waals surface area contributed by atoms with E-state index in [1.807, 2.05) is 23.8 Å². The number of hydrogen-bond acceptors (Lipinski definition) is 3. The fourth-order valence-electron chi connectivity index (χ4n) is 3.93. The lowest BCUT2D eigenvalue weighted by atomic mass is 9.96. The SMILES string of the molecule is Cc1cn(Cc2ccc(F)cc2)c(OC(=O)NC2CCCCC2)c1-c1ccco1. The number of amides is 1. The lowest BCUT2D eigenvalue weighted by Gasteiger charge is -2.22. The average molecular weight is 396 g/mol. The lowest BCUT2D eigenvalue weighted by Crippen LogP contribution is -2.38. The van der Waals surface area contributed by atoms with Gasteiger partial charge in [0.05, 0.1) is 18.4 Å². The van der Waals surface area contributed by atoms with Gasteiger partial charge in [-0.15, -0.1) is 0 Å². The van der Waals surface area contributed by atoms with Crippen LogP contribution in [0.1, 0.15) is 43.2 Å². The minimum atomic E-state index is -0.455. The number of aryl methyl sites for hydroxylation is 1. The van der Waals surface area contributed by atoms with Crippen molar-refractivity contribution in [3.8, 4) is 17.2 Å². The highest BCUT2D eigenvalue weighted by atomic mass is 19.1. The third-order valence-electron chi connectivity index (χ3n) is 5.37. The second-order valence-corrected chi connectivity index (χ2v) is 7.59. The Kier molecular flexibility index (Phi) is 5.69. The summed E-state index contributed by atoms with van der Waals surface area (Å²) in [6.07, 6.45) is 8.50. The van der Waals surface area contributed by atoms with E-state index >= 15 is 0 Å². The number of rotatable bonds is 5. The number of carbonyl (C=O) groups excluding carboxylic acids is 1. The molecule has 0 spiro atoms. The van der Waals surface area contributed by atoms with Gasteiger partial charge in [0.15, 0.2) is 0 Å². The number of benzene rings is 1. The van der Waals surface area contributed by atoms with Gasteiger partial charge in [-0.3, -0.25) is 0 Å². The first-order valence-corrected chi connectivity index (χ1v) is 10.1. The summed E-state index contributed by atoms with van der Waals surface area (Å²) >= 11 is 0. The van der Waals surface area contributed by atoms with Crippen LogP contribution in [0.2, 0.25) is 0 Å². The molecule has 1 saturated carbocycles. The molecule has 6 heteroatoms. The van der Waals surface area contributed by atoms with Crippen LogP contribution < -0.4 is 10.1 Å². The van der Waals surface area contributed by atoms with Crippen LogP contribution in [0.5, 0.6) is 5.88 Å². The molecule has 0 radical (unpaired) electrons. The topological polar surface area (TPSA) is 56.4 Å². The van der Waals surface area contributed by atoms with Gasteiger partial charge in [-0.25, -0.2) is 9.18 Å². The van der Waals surface area contributed by atoms with Gasteiger partial charge in [0.2, 0.25) is 5.88 Å². The molecule has 152 valence electrons. The Labute approximate surface area is 169 Å². The van der Waals surface area contributed by atoms with Crippen LogP contribution in [0.25, 0.3) is 11.3 Å². The Bertz CT molecular complexity index is 955. The lowest BCUT2D eigenvalue weighted by molar-refractivity contribution is 0.188. The quantitative estimate of drug-likeness (QED) is 0.605. The van der Waals surface area contributed by atoms with Crippen molar-refractivity contribution in [2.45, 2.75) is 51.6 Å². The molecule has 1 fully saturated rings. The third kappa shape index (κ3) is 4.53. The van der Waals surface area contributed by atoms with Gasteiger partial charge in [0.1, 0.15) is 11.6 Å². The Balaban J connectivity index is 1.61. The largest absolute Gasteiger partial charge is 0.464 e. The predicted octanol–water partition coefficient (Wildman–Crippen LogP) is 5.67. The minimum Gasteiger partial charge on any atom is -0.464 e. The molecule has 0 bridgehead atoms. The molecule has 0 unspecified atom stereocenters. The van der Waals surface area contributed by atoms with E-state index in [-0.39, 0.29) is 11.9 Å². The normalized spacial score (nSPS) is 14.7. The van der Waals surface area contributed by atoms with Gasteiger partial charge in [-0.05, 0) is 55.2 Å². The number of halogens is 1. The van der Waals surface area contributed by atoms with E-state index in [2.05, 4.69) is 5.32 Å². The number of nitrogens with zero attached hydrogens (tertiary/aromatic N) is 1. The van der Waals surface area contributed by atoms with Gasteiger partial charge < -0.3 is 19.0 Å². The number of nitrogens with one attached hydrogen (secondary N) is 1. The van der Waals surface area contributed by atoms with Gasteiger partial charge >= 0.3 is 6.09 Å². The smallest absolute Gasteiger partial charge is 0.414 e. The van der Waals surface area contributed by atoms with Crippen molar-refractivity contribution in [3.05, 3.63) is 65.8 Å². The van der Waals surface area contributed by atoms with Gasteiger partial charge in [-0.1, -0.05) is 31.4 Å². The molecule has 1 N–H and O–H groups in total. The van der Waals surface area contributed by atoms with Crippen molar-refractivity contribution in [2.24, 2.45) is 0 Å². The molecule has 1 aliphatic carbocycles. The second kappa shape index (κ2) is 8.55. The zero-order chi connectivity index (χ0) is 20.2. The summed E-state index contributed by atoms with van der Waals surface area (Å²) in [5.41, 5.74) is 2.59. The van der Waals surface area contributed by atoms with Crippen molar-refractivity contribution in [3.63, 3.8) is 0 Å². The molecule has 1 aromatic carbocycles. The monoisotopic (exact) mass is 396 g/mol. The van der Waals surface area contributed by atoms with Crippen LogP contribution in [0.15, 0.2) is 53.3 Å². The molecular formula is C23H25FN2O3. The van der Waals surface area contributed by atoms with Crippen molar-refractivity contribution in [1.82, 2.24) is 9.88 Å². The van der Waals surface area contributed by atoms with Gasteiger partial charge in [0, 0.05) is 12.2 Å². The van der Waals surface area contributed by atoms with Crippen molar-refractivity contribution in [2.75, 3.05) is 0 Å². The summed E-state index contributed by atoms with van der Waals surface area (Å²) in [5.74, 6) is 0.785. The van der Waals surface area contributed by atoms with Crippen molar-refractivity contribution < 1.29 is 18.3 Å². The maximum Gasteiger partial charge on any atom is 0.414 e. The molecule has 1 amide bonds. The number of furan rings is 1. The average Bonchev–Trinajstić information content (AvgIpc) is 3.33. The molecular weight excluding hydrogens is 371 g/mol. The summed E-state index contributed by atoms with van der Waals surface area (Å²) < 4.78 is 26.5. The summed E-state index contributed by atoms with van der Waals surface area (Å²) in [6, 6.07) is 10.1. The highest BCUT2D eigenvalue weighted by Crippen LogP contribution is 2.36. The van der Waals surface area contributed by atoms with E-state index in [0.29, 0.717) is 18.2 Å². The molecule has 0 atom stereocenters. The van der Waals surface area contributed by atoms with E-state index in [1.165, 1.54) is 18.6 Å². The first-order chi connectivity index (χ1) is 14.1. The van der Waals surface area contributed by atoms with Gasteiger partial charge in [-0.2, -0.15) is 0 Å². The Hall–Kier alpha value is -3.02. The van der Waals surface area contributed by atoms with Crippen molar-refractivity contribution >= 4 is 6.09 Å². The molecule has 0 saturated heterocycles. The maximum absolute atomic E-state index is 13.3. The van der Waals surface area contributed by atoms with Crippen LogP contribution in [-0.2, 0) is 6.54 Å². The summed E-state index contributed by atoms with van der Waals surface area (Å²) in [4.78, 5) is 12.6. The van der Waals surface area contributed by atoms with E-state index in [4.69, 9.17) is 9.15 Å². The van der Waals surface area contributed by atoms with E-state index in [0.717, 1.165) is 42.4 Å². The highest BCUT2D eigenvalue weighted by molar-refractivity contribution is 5.76. The van der Waals surface area contributed by atoms with Crippen LogP contribution in [0.4, 0.5) is 9.18 Å². The number of carbonyl (C=O) groups is 1. The van der Waals surface area contributed by atoms with Crippen LogP contribution in [0, 0.1) is 12.7 Å². The summed E-state index contributed by atoms with van der Waals surface area (Å²) in [7, 11) is 0. The summed E-state index contributed by atoms with van der Waals surface area (Å²) in [6.45, 7) is 2.40. The van der Waals surface area contributed by atoms with Crippen LogP contribution in [-0.4, -0.2) is 16.7 Å². The zero-order valence-corrected chi connectivity index (χ0v) is 16.5. The Morgan fingerprint density at radius 2 is 1.97 bits per heavy atom. The minimum absolute atomic E-state index is 0.157. The van der Waals surface area contributed by atoms with E-state index < -0.39 is 6.09 Å². The molecule has 5 nitrogen and oxygen atoms in total. The van der Waals surface area contributed by atoms with Crippen LogP contribution in [0.3, 0.4) is 0 Å². The fourth-order valence-corrected chi connectivity index (χ4v) is 3.93. The maximum atomic E-state index is 13.3. The molecule has 3 aromatic rings.